The summed E-state index contributed by atoms with van der Waals surface area (Å²) in [7, 11) is 0. The second-order valence-electron chi connectivity index (χ2n) is 4.13. The van der Waals surface area contributed by atoms with Crippen molar-refractivity contribution in [2.24, 2.45) is 0 Å². The number of nitrogens with one attached hydrogen (secondary N) is 1. The van der Waals surface area contributed by atoms with Crippen LogP contribution in [0.1, 0.15) is 6.42 Å². The SMILES string of the molecule is O=C(Nc1cccc([N+](=O)[O-])c1)N1CCC(O)C1. The van der Waals surface area contributed by atoms with Crippen molar-refractivity contribution in [3.8, 4) is 0 Å². The van der Waals surface area contributed by atoms with Crippen molar-refractivity contribution in [3.05, 3.63) is 34.4 Å². The number of aliphatic hydroxyl groups is 1. The second kappa shape index (κ2) is 5.01. The van der Waals surface area contributed by atoms with E-state index in [-0.39, 0.29) is 11.7 Å². The lowest BCUT2D eigenvalue weighted by molar-refractivity contribution is -0.384. The first-order chi connectivity index (χ1) is 8.56. The molecule has 0 spiro atoms. The van der Waals surface area contributed by atoms with E-state index in [2.05, 4.69) is 5.32 Å². The number of anilines is 1. The van der Waals surface area contributed by atoms with E-state index in [1.165, 1.54) is 23.1 Å². The zero-order valence-electron chi connectivity index (χ0n) is 9.57. The van der Waals surface area contributed by atoms with Crippen molar-refractivity contribution in [1.82, 2.24) is 4.90 Å². The summed E-state index contributed by atoms with van der Waals surface area (Å²) >= 11 is 0. The number of carbonyl (C=O) groups is 1. The smallest absolute Gasteiger partial charge is 0.321 e. The third-order valence-electron chi connectivity index (χ3n) is 2.76. The lowest BCUT2D eigenvalue weighted by Crippen LogP contribution is -2.33. The number of nitro benzene ring substituents is 1. The Bertz CT molecular complexity index is 477. The highest BCUT2D eigenvalue weighted by molar-refractivity contribution is 5.89. The van der Waals surface area contributed by atoms with Gasteiger partial charge in [-0.15, -0.1) is 0 Å². The summed E-state index contributed by atoms with van der Waals surface area (Å²) in [5.41, 5.74) is 0.296. The van der Waals surface area contributed by atoms with E-state index in [0.717, 1.165) is 0 Å². The van der Waals surface area contributed by atoms with Crippen molar-refractivity contribution in [2.75, 3.05) is 18.4 Å². The third kappa shape index (κ3) is 2.75. The number of likely N-dealkylation sites (tertiary alicyclic amines) is 1. The van der Waals surface area contributed by atoms with Crippen LogP contribution in [0.5, 0.6) is 0 Å². The van der Waals surface area contributed by atoms with Gasteiger partial charge in [0.25, 0.3) is 5.69 Å². The van der Waals surface area contributed by atoms with E-state index in [4.69, 9.17) is 0 Å². The van der Waals surface area contributed by atoms with Crippen LogP contribution < -0.4 is 5.32 Å². The standard InChI is InChI=1S/C11H13N3O4/c15-10-4-5-13(7-10)11(16)12-8-2-1-3-9(6-8)14(17)18/h1-3,6,10,15H,4-5,7H2,(H,12,16). The quantitative estimate of drug-likeness (QED) is 0.609. The maximum Gasteiger partial charge on any atom is 0.321 e. The van der Waals surface area contributed by atoms with Gasteiger partial charge in [-0.05, 0) is 12.5 Å². The number of benzene rings is 1. The fourth-order valence-electron chi connectivity index (χ4n) is 1.83. The molecule has 1 aromatic rings. The molecule has 7 heteroatoms. The van der Waals surface area contributed by atoms with Crippen LogP contribution in [0, 0.1) is 10.1 Å². The van der Waals surface area contributed by atoms with Crippen LogP contribution in [-0.2, 0) is 0 Å². The van der Waals surface area contributed by atoms with Gasteiger partial charge in [0.15, 0.2) is 0 Å². The summed E-state index contributed by atoms with van der Waals surface area (Å²) in [6.45, 7) is 0.780. The maximum absolute atomic E-state index is 11.8. The fraction of sp³-hybridized carbons (Fsp3) is 0.364. The molecular formula is C11H13N3O4. The second-order valence-corrected chi connectivity index (χ2v) is 4.13. The number of nitrogens with zero attached hydrogens (tertiary/aromatic N) is 2. The predicted molar refractivity (Wildman–Crippen MR) is 64.3 cm³/mol. The number of non-ortho nitro benzene ring substituents is 1. The maximum atomic E-state index is 11.8. The van der Waals surface area contributed by atoms with Gasteiger partial charge in [-0.3, -0.25) is 10.1 Å². The molecule has 1 fully saturated rings. The lowest BCUT2D eigenvalue weighted by Gasteiger charge is -2.16. The van der Waals surface area contributed by atoms with Crippen LogP contribution >= 0.6 is 0 Å². The largest absolute Gasteiger partial charge is 0.391 e. The molecule has 0 aliphatic carbocycles. The normalized spacial score (nSPS) is 18.7. The van der Waals surface area contributed by atoms with Crippen molar-refractivity contribution < 1.29 is 14.8 Å². The molecule has 0 radical (unpaired) electrons. The zero-order valence-corrected chi connectivity index (χ0v) is 9.57. The van der Waals surface area contributed by atoms with Gasteiger partial charge >= 0.3 is 6.03 Å². The molecule has 0 saturated carbocycles. The minimum Gasteiger partial charge on any atom is -0.391 e. The summed E-state index contributed by atoms with van der Waals surface area (Å²) in [5.74, 6) is 0. The molecule has 7 nitrogen and oxygen atoms in total. The number of hydrogen-bond donors (Lipinski definition) is 2. The van der Waals surface area contributed by atoms with E-state index in [0.29, 0.717) is 25.2 Å². The Hall–Kier alpha value is -2.15. The molecule has 1 heterocycles. The molecule has 1 saturated heterocycles. The summed E-state index contributed by atoms with van der Waals surface area (Å²) in [5, 5.41) is 22.5. The number of amides is 2. The highest BCUT2D eigenvalue weighted by Crippen LogP contribution is 2.18. The van der Waals surface area contributed by atoms with Gasteiger partial charge in [-0.25, -0.2) is 4.79 Å². The minimum absolute atomic E-state index is 0.0748. The average Bonchev–Trinajstić information content (AvgIpc) is 2.76. The summed E-state index contributed by atoms with van der Waals surface area (Å²) in [6, 6.07) is 5.39. The third-order valence-corrected chi connectivity index (χ3v) is 2.76. The van der Waals surface area contributed by atoms with Gasteiger partial charge in [0.1, 0.15) is 0 Å². The molecule has 1 atom stereocenters. The van der Waals surface area contributed by atoms with Gasteiger partial charge in [-0.1, -0.05) is 6.07 Å². The lowest BCUT2D eigenvalue weighted by atomic mass is 10.3. The molecule has 0 bridgehead atoms. The first-order valence-corrected chi connectivity index (χ1v) is 5.55. The van der Waals surface area contributed by atoms with Crippen LogP contribution in [-0.4, -0.2) is 40.2 Å². The number of rotatable bonds is 2. The van der Waals surface area contributed by atoms with Crippen LogP contribution in [0.2, 0.25) is 0 Å². The van der Waals surface area contributed by atoms with Gasteiger partial charge < -0.3 is 15.3 Å². The Kier molecular flexibility index (Phi) is 3.42. The van der Waals surface area contributed by atoms with Crippen LogP contribution in [0.25, 0.3) is 0 Å². The van der Waals surface area contributed by atoms with E-state index < -0.39 is 11.0 Å². The number of carbonyl (C=O) groups excluding carboxylic acids is 1. The van der Waals surface area contributed by atoms with E-state index in [1.807, 2.05) is 0 Å². The van der Waals surface area contributed by atoms with Crippen molar-refractivity contribution in [1.29, 1.82) is 0 Å². The van der Waals surface area contributed by atoms with Gasteiger partial charge in [0.2, 0.25) is 0 Å². The Balaban J connectivity index is 2.03. The van der Waals surface area contributed by atoms with E-state index >= 15 is 0 Å². The van der Waals surface area contributed by atoms with Gasteiger partial charge in [-0.2, -0.15) is 0 Å². The molecule has 1 aromatic carbocycles. The molecule has 1 aliphatic rings. The van der Waals surface area contributed by atoms with Crippen molar-refractivity contribution in [2.45, 2.75) is 12.5 Å². The number of β-amino-alcohol motifs (C(OH)–C–C–N with tert-alkyl or cyclic N) is 1. The zero-order chi connectivity index (χ0) is 13.1. The molecule has 18 heavy (non-hydrogen) atoms. The topological polar surface area (TPSA) is 95.7 Å². The van der Waals surface area contributed by atoms with Crippen LogP contribution in [0.15, 0.2) is 24.3 Å². The minimum atomic E-state index is -0.519. The first kappa shape index (κ1) is 12.3. The summed E-state index contributed by atoms with van der Waals surface area (Å²) in [4.78, 5) is 23.3. The molecule has 1 unspecified atom stereocenters. The Labute approximate surface area is 103 Å². The van der Waals surface area contributed by atoms with Crippen molar-refractivity contribution >= 4 is 17.4 Å². The van der Waals surface area contributed by atoms with Gasteiger partial charge in [0, 0.05) is 30.9 Å². The Morgan fingerprint density at radius 1 is 1.56 bits per heavy atom. The van der Waals surface area contributed by atoms with Gasteiger partial charge in [0.05, 0.1) is 11.0 Å². The molecule has 0 aromatic heterocycles. The van der Waals surface area contributed by atoms with Crippen LogP contribution in [0.4, 0.5) is 16.2 Å². The molecular weight excluding hydrogens is 238 g/mol. The highest BCUT2D eigenvalue weighted by atomic mass is 16.6. The fourth-order valence-corrected chi connectivity index (χ4v) is 1.83. The Morgan fingerprint density at radius 3 is 2.94 bits per heavy atom. The van der Waals surface area contributed by atoms with Crippen molar-refractivity contribution in [3.63, 3.8) is 0 Å². The van der Waals surface area contributed by atoms with E-state index in [1.54, 1.807) is 6.07 Å². The molecule has 2 N–H and O–H groups in total. The average molecular weight is 251 g/mol. The predicted octanol–water partition coefficient (Wildman–Crippen LogP) is 1.19. The number of nitro groups is 1. The number of aliphatic hydroxyl groups excluding tert-OH is 1. The summed E-state index contributed by atoms with van der Waals surface area (Å²) in [6.07, 6.45) is 0.0726. The molecule has 2 amide bonds. The number of hydrogen-bond acceptors (Lipinski definition) is 4. The highest BCUT2D eigenvalue weighted by Gasteiger charge is 2.24. The molecule has 96 valence electrons. The van der Waals surface area contributed by atoms with Crippen LogP contribution in [0.3, 0.4) is 0 Å². The number of urea groups is 1. The molecule has 1 aliphatic heterocycles. The first-order valence-electron chi connectivity index (χ1n) is 5.55. The monoisotopic (exact) mass is 251 g/mol. The molecule has 2 rings (SSSR count). The Morgan fingerprint density at radius 2 is 2.33 bits per heavy atom. The summed E-state index contributed by atoms with van der Waals surface area (Å²) < 4.78 is 0. The van der Waals surface area contributed by atoms with E-state index in [9.17, 15) is 20.0 Å².